The van der Waals surface area contributed by atoms with E-state index in [4.69, 9.17) is 0 Å². The summed E-state index contributed by atoms with van der Waals surface area (Å²) in [6.07, 6.45) is 0. The Hall–Kier alpha value is -0.0400. The Bertz CT molecular complexity index is 158. The van der Waals surface area contributed by atoms with Gasteiger partial charge in [0, 0.05) is 11.6 Å². The Morgan fingerprint density at radius 3 is 1.55 bits per heavy atom. The summed E-state index contributed by atoms with van der Waals surface area (Å²) in [4.78, 5) is 0. The lowest BCUT2D eigenvalue weighted by Crippen LogP contribution is -2.39. The molecule has 1 heteroatoms. The van der Waals surface area contributed by atoms with Crippen molar-refractivity contribution in [2.24, 2.45) is 11.3 Å². The molecule has 11 heavy (non-hydrogen) atoms. The molecule has 0 aromatic carbocycles. The minimum Gasteiger partial charge on any atom is -0.308 e. The normalized spacial score (nSPS) is 40.9. The van der Waals surface area contributed by atoms with Gasteiger partial charge in [-0.15, -0.1) is 0 Å². The zero-order chi connectivity index (χ0) is 8.86. The van der Waals surface area contributed by atoms with Crippen LogP contribution in [0.5, 0.6) is 0 Å². The molecule has 1 saturated heterocycles. The molecule has 0 radical (unpaired) electrons. The van der Waals surface area contributed by atoms with Gasteiger partial charge < -0.3 is 5.32 Å². The molecule has 0 aliphatic carbocycles. The summed E-state index contributed by atoms with van der Waals surface area (Å²) < 4.78 is 0. The van der Waals surface area contributed by atoms with Gasteiger partial charge in [0.2, 0.25) is 0 Å². The second-order valence-electron chi connectivity index (χ2n) is 5.13. The fourth-order valence-corrected chi connectivity index (χ4v) is 2.17. The number of rotatable bonds is 0. The second-order valence-corrected chi connectivity index (χ2v) is 5.13. The predicted molar refractivity (Wildman–Crippen MR) is 49.6 cm³/mol. The molecule has 0 aromatic rings. The maximum Gasteiger partial charge on any atom is 0.0159 e. The Morgan fingerprint density at radius 2 is 1.45 bits per heavy atom. The Labute approximate surface area is 70.6 Å². The fourth-order valence-electron chi connectivity index (χ4n) is 2.17. The van der Waals surface area contributed by atoms with Crippen molar-refractivity contribution in [2.45, 2.75) is 53.1 Å². The minimum absolute atomic E-state index is 0.308. The number of hydrogen-bond donors (Lipinski definition) is 1. The lowest BCUT2D eigenvalue weighted by Gasteiger charge is -2.31. The first-order valence-corrected chi connectivity index (χ1v) is 4.56. The standard InChI is InChI=1S/C10H21N/c1-7-9(3,4)8(2)11-10(7,5)6/h7-8,11H,1-6H3. The molecular formula is C10H21N. The van der Waals surface area contributed by atoms with Crippen LogP contribution in [0.1, 0.15) is 41.5 Å². The topological polar surface area (TPSA) is 12.0 Å². The van der Waals surface area contributed by atoms with E-state index in [9.17, 15) is 0 Å². The smallest absolute Gasteiger partial charge is 0.0159 e. The number of nitrogens with one attached hydrogen (secondary N) is 1. The average molecular weight is 155 g/mol. The van der Waals surface area contributed by atoms with E-state index < -0.39 is 0 Å². The van der Waals surface area contributed by atoms with E-state index in [0.717, 1.165) is 5.92 Å². The van der Waals surface area contributed by atoms with Crippen LogP contribution in [0.2, 0.25) is 0 Å². The van der Waals surface area contributed by atoms with Gasteiger partial charge in [-0.25, -0.2) is 0 Å². The molecule has 66 valence electrons. The molecule has 0 bridgehead atoms. The molecule has 0 aromatic heterocycles. The van der Waals surface area contributed by atoms with Crippen LogP contribution in [0.4, 0.5) is 0 Å². The largest absolute Gasteiger partial charge is 0.308 e. The first-order chi connectivity index (χ1) is 4.78. The van der Waals surface area contributed by atoms with Crippen molar-refractivity contribution in [3.05, 3.63) is 0 Å². The Morgan fingerprint density at radius 1 is 1.00 bits per heavy atom. The van der Waals surface area contributed by atoms with E-state index >= 15 is 0 Å². The van der Waals surface area contributed by atoms with Gasteiger partial charge in [0.25, 0.3) is 0 Å². The molecule has 2 unspecified atom stereocenters. The van der Waals surface area contributed by atoms with Crippen LogP contribution in [-0.4, -0.2) is 11.6 Å². The summed E-state index contributed by atoms with van der Waals surface area (Å²) in [5.74, 6) is 0.741. The molecule has 0 spiro atoms. The van der Waals surface area contributed by atoms with Gasteiger partial charge in [-0.3, -0.25) is 0 Å². The first kappa shape index (κ1) is 9.05. The van der Waals surface area contributed by atoms with Gasteiger partial charge in [-0.05, 0) is 32.1 Å². The summed E-state index contributed by atoms with van der Waals surface area (Å²) in [6, 6.07) is 0.632. The van der Waals surface area contributed by atoms with Crippen molar-refractivity contribution in [1.29, 1.82) is 0 Å². The van der Waals surface area contributed by atoms with E-state index in [1.807, 2.05) is 0 Å². The third-order valence-electron chi connectivity index (χ3n) is 3.90. The maximum atomic E-state index is 3.63. The summed E-state index contributed by atoms with van der Waals surface area (Å²) in [7, 11) is 0. The molecule has 1 aliphatic rings. The molecule has 1 N–H and O–H groups in total. The SMILES string of the molecule is CC1NC(C)(C)C(C)C1(C)C. The zero-order valence-corrected chi connectivity index (χ0v) is 8.65. The van der Waals surface area contributed by atoms with Crippen LogP contribution in [0.15, 0.2) is 0 Å². The van der Waals surface area contributed by atoms with Gasteiger partial charge in [-0.2, -0.15) is 0 Å². The van der Waals surface area contributed by atoms with Gasteiger partial charge in [0.05, 0.1) is 0 Å². The predicted octanol–water partition coefficient (Wildman–Crippen LogP) is 2.42. The summed E-state index contributed by atoms with van der Waals surface area (Å²) in [5.41, 5.74) is 0.742. The average Bonchev–Trinajstić information content (AvgIpc) is 1.94. The quantitative estimate of drug-likeness (QED) is 0.566. The van der Waals surface area contributed by atoms with Gasteiger partial charge >= 0.3 is 0 Å². The number of hydrogen-bond acceptors (Lipinski definition) is 1. The molecule has 0 saturated carbocycles. The maximum absolute atomic E-state index is 3.63. The highest BCUT2D eigenvalue weighted by molar-refractivity contribution is 5.04. The summed E-state index contributed by atoms with van der Waals surface area (Å²) in [5, 5.41) is 3.63. The minimum atomic E-state index is 0.308. The van der Waals surface area contributed by atoms with Crippen molar-refractivity contribution < 1.29 is 0 Å². The fraction of sp³-hybridized carbons (Fsp3) is 1.00. The van der Waals surface area contributed by atoms with Crippen molar-refractivity contribution >= 4 is 0 Å². The van der Waals surface area contributed by atoms with Crippen molar-refractivity contribution in [1.82, 2.24) is 5.32 Å². The molecule has 1 rings (SSSR count). The summed E-state index contributed by atoms with van der Waals surface area (Å²) in [6.45, 7) is 13.9. The molecule has 1 heterocycles. The van der Waals surface area contributed by atoms with E-state index in [1.54, 1.807) is 0 Å². The van der Waals surface area contributed by atoms with E-state index in [0.29, 0.717) is 17.0 Å². The van der Waals surface area contributed by atoms with Crippen LogP contribution >= 0.6 is 0 Å². The van der Waals surface area contributed by atoms with Crippen LogP contribution in [0.25, 0.3) is 0 Å². The lowest BCUT2D eigenvalue weighted by atomic mass is 9.72. The third-order valence-corrected chi connectivity index (χ3v) is 3.90. The van der Waals surface area contributed by atoms with Gasteiger partial charge in [0.1, 0.15) is 0 Å². The van der Waals surface area contributed by atoms with Crippen LogP contribution < -0.4 is 5.32 Å². The van der Waals surface area contributed by atoms with Gasteiger partial charge in [0.15, 0.2) is 0 Å². The molecule has 2 atom stereocenters. The molecule has 1 fully saturated rings. The first-order valence-electron chi connectivity index (χ1n) is 4.56. The van der Waals surface area contributed by atoms with Crippen molar-refractivity contribution in [3.8, 4) is 0 Å². The molecule has 1 aliphatic heterocycles. The highest BCUT2D eigenvalue weighted by atomic mass is 15.1. The highest BCUT2D eigenvalue weighted by Gasteiger charge is 2.48. The lowest BCUT2D eigenvalue weighted by molar-refractivity contribution is 0.219. The highest BCUT2D eigenvalue weighted by Crippen LogP contribution is 2.43. The zero-order valence-electron chi connectivity index (χ0n) is 8.65. The van der Waals surface area contributed by atoms with Crippen molar-refractivity contribution in [3.63, 3.8) is 0 Å². The van der Waals surface area contributed by atoms with Crippen molar-refractivity contribution in [2.75, 3.05) is 0 Å². The monoisotopic (exact) mass is 155 g/mol. The summed E-state index contributed by atoms with van der Waals surface area (Å²) >= 11 is 0. The third kappa shape index (κ3) is 1.20. The van der Waals surface area contributed by atoms with Crippen LogP contribution in [0.3, 0.4) is 0 Å². The van der Waals surface area contributed by atoms with E-state index in [-0.39, 0.29) is 0 Å². The van der Waals surface area contributed by atoms with E-state index in [1.165, 1.54) is 0 Å². The van der Waals surface area contributed by atoms with Crippen LogP contribution in [0, 0.1) is 11.3 Å². The van der Waals surface area contributed by atoms with Gasteiger partial charge in [-0.1, -0.05) is 20.8 Å². The van der Waals surface area contributed by atoms with Crippen LogP contribution in [-0.2, 0) is 0 Å². The molecule has 0 amide bonds. The molecular weight excluding hydrogens is 134 g/mol. The Kier molecular flexibility index (Phi) is 1.83. The van der Waals surface area contributed by atoms with E-state index in [2.05, 4.69) is 46.9 Å². The molecule has 1 nitrogen and oxygen atoms in total. The Balaban J connectivity index is 2.89. The second kappa shape index (κ2) is 2.22.